The highest BCUT2D eigenvalue weighted by Crippen LogP contribution is 2.32. The molecule has 126 valence electrons. The lowest BCUT2D eigenvalue weighted by Crippen LogP contribution is -2.48. The molecule has 2 aliphatic rings. The summed E-state index contributed by atoms with van der Waals surface area (Å²) in [4.78, 5) is 16.7. The van der Waals surface area contributed by atoms with Gasteiger partial charge < -0.3 is 14.4 Å². The van der Waals surface area contributed by atoms with Crippen LogP contribution in [0, 0.1) is 6.92 Å². The number of carbonyl (C=O) groups is 1. The number of hydrogen-bond acceptors (Lipinski definition) is 5. The van der Waals surface area contributed by atoms with E-state index in [1.165, 1.54) is 5.56 Å². The SMILES string of the molecule is Cc1[nH]ncc1C(=O)N1CCN(Cc2ccc3c(c2)OCO3)CC1. The number of aromatic nitrogens is 2. The van der Waals surface area contributed by atoms with Gasteiger partial charge in [-0.2, -0.15) is 5.10 Å². The Morgan fingerprint density at radius 1 is 1.21 bits per heavy atom. The largest absolute Gasteiger partial charge is 0.454 e. The number of piperazine rings is 1. The van der Waals surface area contributed by atoms with Gasteiger partial charge in [0.15, 0.2) is 11.5 Å². The number of nitrogens with zero attached hydrogens (tertiary/aromatic N) is 3. The Morgan fingerprint density at radius 3 is 2.75 bits per heavy atom. The first-order chi connectivity index (χ1) is 11.7. The number of fused-ring (bicyclic) bond motifs is 1. The van der Waals surface area contributed by atoms with Crippen LogP contribution in [-0.4, -0.2) is 58.9 Å². The van der Waals surface area contributed by atoms with Gasteiger partial charge >= 0.3 is 0 Å². The molecule has 2 aliphatic heterocycles. The van der Waals surface area contributed by atoms with E-state index in [-0.39, 0.29) is 5.91 Å². The lowest BCUT2D eigenvalue weighted by molar-refractivity contribution is 0.0628. The molecule has 3 heterocycles. The van der Waals surface area contributed by atoms with E-state index in [4.69, 9.17) is 9.47 Å². The molecule has 0 saturated carbocycles. The van der Waals surface area contributed by atoms with Crippen molar-refractivity contribution in [3.8, 4) is 11.5 Å². The number of nitrogens with one attached hydrogen (secondary N) is 1. The Bertz CT molecular complexity index is 750. The molecule has 4 rings (SSSR count). The Balaban J connectivity index is 1.35. The van der Waals surface area contributed by atoms with Gasteiger partial charge in [-0.3, -0.25) is 14.8 Å². The van der Waals surface area contributed by atoms with E-state index >= 15 is 0 Å². The van der Waals surface area contributed by atoms with Gasteiger partial charge in [-0.25, -0.2) is 0 Å². The summed E-state index contributed by atoms with van der Waals surface area (Å²) in [5, 5.41) is 6.75. The minimum absolute atomic E-state index is 0.0592. The molecule has 1 N–H and O–H groups in total. The number of aromatic amines is 1. The van der Waals surface area contributed by atoms with Gasteiger partial charge in [0.25, 0.3) is 5.91 Å². The van der Waals surface area contributed by atoms with Crippen LogP contribution in [-0.2, 0) is 6.54 Å². The van der Waals surface area contributed by atoms with Gasteiger partial charge in [-0.05, 0) is 24.6 Å². The van der Waals surface area contributed by atoms with E-state index in [0.29, 0.717) is 12.4 Å². The maximum Gasteiger partial charge on any atom is 0.257 e. The van der Waals surface area contributed by atoms with Gasteiger partial charge in [0.2, 0.25) is 6.79 Å². The molecule has 0 radical (unpaired) electrons. The fourth-order valence-corrected chi connectivity index (χ4v) is 3.14. The van der Waals surface area contributed by atoms with Crippen molar-refractivity contribution in [2.45, 2.75) is 13.5 Å². The second kappa shape index (κ2) is 6.16. The van der Waals surface area contributed by atoms with Crippen LogP contribution in [0.25, 0.3) is 0 Å². The van der Waals surface area contributed by atoms with Crippen molar-refractivity contribution in [1.29, 1.82) is 0 Å². The molecule has 0 spiro atoms. The number of aryl methyl sites for hydroxylation is 1. The third-order valence-corrected chi connectivity index (χ3v) is 4.56. The maximum absolute atomic E-state index is 12.5. The molecule has 0 bridgehead atoms. The minimum atomic E-state index is 0.0592. The number of carbonyl (C=O) groups excluding carboxylic acids is 1. The molecule has 0 atom stereocenters. The quantitative estimate of drug-likeness (QED) is 0.922. The van der Waals surface area contributed by atoms with Crippen molar-refractivity contribution in [1.82, 2.24) is 20.0 Å². The van der Waals surface area contributed by atoms with E-state index in [1.54, 1.807) is 6.20 Å². The predicted octanol–water partition coefficient (Wildman–Crippen LogP) is 1.40. The van der Waals surface area contributed by atoms with Crippen LogP contribution in [0.4, 0.5) is 0 Å². The molecule has 1 fully saturated rings. The number of amides is 1. The van der Waals surface area contributed by atoms with E-state index in [2.05, 4.69) is 21.2 Å². The molecule has 7 heteroatoms. The smallest absolute Gasteiger partial charge is 0.257 e. The third kappa shape index (κ3) is 2.82. The summed E-state index contributed by atoms with van der Waals surface area (Å²) < 4.78 is 10.8. The van der Waals surface area contributed by atoms with Gasteiger partial charge in [0, 0.05) is 38.4 Å². The zero-order chi connectivity index (χ0) is 16.5. The average Bonchev–Trinajstić information content (AvgIpc) is 3.23. The van der Waals surface area contributed by atoms with Crippen molar-refractivity contribution in [3.63, 3.8) is 0 Å². The van der Waals surface area contributed by atoms with Crippen LogP contribution in [0.3, 0.4) is 0 Å². The fraction of sp³-hybridized carbons (Fsp3) is 0.412. The summed E-state index contributed by atoms with van der Waals surface area (Å²) in [7, 11) is 0. The topological polar surface area (TPSA) is 70.7 Å². The van der Waals surface area contributed by atoms with Crippen molar-refractivity contribution in [2.75, 3.05) is 33.0 Å². The van der Waals surface area contributed by atoms with E-state index in [1.807, 2.05) is 24.0 Å². The summed E-state index contributed by atoms with van der Waals surface area (Å²) in [5.74, 6) is 1.69. The zero-order valence-corrected chi connectivity index (χ0v) is 13.6. The molecule has 24 heavy (non-hydrogen) atoms. The molecule has 0 unspecified atom stereocenters. The molecule has 0 aliphatic carbocycles. The minimum Gasteiger partial charge on any atom is -0.454 e. The van der Waals surface area contributed by atoms with Crippen molar-refractivity contribution in [3.05, 3.63) is 41.2 Å². The first-order valence-electron chi connectivity index (χ1n) is 8.11. The molecular weight excluding hydrogens is 308 g/mol. The maximum atomic E-state index is 12.5. The molecule has 1 amide bonds. The predicted molar refractivity (Wildman–Crippen MR) is 87.1 cm³/mol. The Labute approximate surface area is 140 Å². The molecule has 1 saturated heterocycles. The van der Waals surface area contributed by atoms with Crippen molar-refractivity contribution < 1.29 is 14.3 Å². The van der Waals surface area contributed by atoms with Crippen LogP contribution >= 0.6 is 0 Å². The standard InChI is InChI=1S/C17H20N4O3/c1-12-14(9-18-19-12)17(22)21-6-4-20(5-7-21)10-13-2-3-15-16(8-13)24-11-23-15/h2-3,8-9H,4-7,10-11H2,1H3,(H,18,19). The summed E-state index contributed by atoms with van der Waals surface area (Å²) in [6.45, 7) is 6.20. The number of ether oxygens (including phenoxy) is 2. The second-order valence-corrected chi connectivity index (χ2v) is 6.16. The zero-order valence-electron chi connectivity index (χ0n) is 13.6. The highest BCUT2D eigenvalue weighted by Gasteiger charge is 2.24. The Hall–Kier alpha value is -2.54. The lowest BCUT2D eigenvalue weighted by atomic mass is 10.1. The van der Waals surface area contributed by atoms with E-state index in [0.717, 1.165) is 49.9 Å². The van der Waals surface area contributed by atoms with Crippen LogP contribution in [0.15, 0.2) is 24.4 Å². The van der Waals surface area contributed by atoms with Crippen LogP contribution in [0.5, 0.6) is 11.5 Å². The normalized spacial score (nSPS) is 17.3. The van der Waals surface area contributed by atoms with E-state index < -0.39 is 0 Å². The van der Waals surface area contributed by atoms with Crippen LogP contribution < -0.4 is 9.47 Å². The first-order valence-corrected chi connectivity index (χ1v) is 8.11. The van der Waals surface area contributed by atoms with Gasteiger partial charge in [-0.1, -0.05) is 6.07 Å². The van der Waals surface area contributed by atoms with E-state index in [9.17, 15) is 4.79 Å². The monoisotopic (exact) mass is 328 g/mol. The van der Waals surface area contributed by atoms with Gasteiger partial charge in [0.05, 0.1) is 11.8 Å². The Kier molecular flexibility index (Phi) is 3.86. The molecule has 2 aromatic rings. The van der Waals surface area contributed by atoms with Crippen LogP contribution in [0.1, 0.15) is 21.6 Å². The first kappa shape index (κ1) is 15.0. The molecule has 1 aromatic carbocycles. The molecule has 1 aromatic heterocycles. The van der Waals surface area contributed by atoms with Gasteiger partial charge in [0.1, 0.15) is 0 Å². The van der Waals surface area contributed by atoms with Crippen molar-refractivity contribution >= 4 is 5.91 Å². The molecule has 7 nitrogen and oxygen atoms in total. The number of H-pyrrole nitrogens is 1. The van der Waals surface area contributed by atoms with Gasteiger partial charge in [-0.15, -0.1) is 0 Å². The summed E-state index contributed by atoms with van der Waals surface area (Å²) in [6.07, 6.45) is 1.61. The summed E-state index contributed by atoms with van der Waals surface area (Å²) >= 11 is 0. The summed E-state index contributed by atoms with van der Waals surface area (Å²) in [5.41, 5.74) is 2.69. The second-order valence-electron chi connectivity index (χ2n) is 6.16. The molecular formula is C17H20N4O3. The highest BCUT2D eigenvalue weighted by molar-refractivity contribution is 5.95. The lowest BCUT2D eigenvalue weighted by Gasteiger charge is -2.34. The summed E-state index contributed by atoms with van der Waals surface area (Å²) in [6, 6.07) is 6.06. The third-order valence-electron chi connectivity index (χ3n) is 4.56. The Morgan fingerprint density at radius 2 is 2.00 bits per heavy atom. The van der Waals surface area contributed by atoms with Crippen molar-refractivity contribution in [2.24, 2.45) is 0 Å². The van der Waals surface area contributed by atoms with Crippen LogP contribution in [0.2, 0.25) is 0 Å². The number of benzene rings is 1. The average molecular weight is 328 g/mol. The number of rotatable bonds is 3. The number of hydrogen-bond donors (Lipinski definition) is 1. The highest BCUT2D eigenvalue weighted by atomic mass is 16.7. The fourth-order valence-electron chi connectivity index (χ4n) is 3.14.